The fourth-order valence-electron chi connectivity index (χ4n) is 1.70. The lowest BCUT2D eigenvalue weighted by Crippen LogP contribution is -2.01. The van der Waals surface area contributed by atoms with Crippen LogP contribution in [0.25, 0.3) is 10.9 Å². The van der Waals surface area contributed by atoms with E-state index in [-0.39, 0.29) is 5.97 Å². The number of benzene rings is 1. The summed E-state index contributed by atoms with van der Waals surface area (Å²) in [6, 6.07) is 5.68. The second-order valence-corrected chi connectivity index (χ2v) is 4.02. The summed E-state index contributed by atoms with van der Waals surface area (Å²) in [4.78, 5) is 14.2. The fraction of sp³-hybridized carbons (Fsp3) is 0.250. The van der Waals surface area contributed by atoms with Crippen molar-refractivity contribution in [1.29, 1.82) is 0 Å². The topological polar surface area (TPSA) is 42.1 Å². The molecule has 16 heavy (non-hydrogen) atoms. The maximum atomic E-state index is 11.0. The summed E-state index contributed by atoms with van der Waals surface area (Å²) >= 11 is 5.88. The normalized spacial score (nSPS) is 10.6. The Morgan fingerprint density at radius 2 is 2.31 bits per heavy atom. The molecule has 0 aliphatic rings. The van der Waals surface area contributed by atoms with E-state index in [1.807, 2.05) is 24.4 Å². The molecule has 0 radical (unpaired) electrons. The lowest BCUT2D eigenvalue weighted by Gasteiger charge is -1.99. The van der Waals surface area contributed by atoms with Crippen LogP contribution < -0.4 is 0 Å². The summed E-state index contributed by atoms with van der Waals surface area (Å²) in [6.07, 6.45) is 2.98. The average molecular weight is 238 g/mol. The summed E-state index contributed by atoms with van der Waals surface area (Å²) < 4.78 is 4.61. The predicted molar refractivity (Wildman–Crippen MR) is 63.6 cm³/mol. The molecule has 1 N–H and O–H groups in total. The number of aryl methyl sites for hydroxylation is 1. The van der Waals surface area contributed by atoms with Gasteiger partial charge in [-0.05, 0) is 24.1 Å². The van der Waals surface area contributed by atoms with E-state index >= 15 is 0 Å². The van der Waals surface area contributed by atoms with Crippen LogP contribution in [-0.2, 0) is 16.0 Å². The molecule has 2 rings (SSSR count). The lowest BCUT2D eigenvalue weighted by molar-refractivity contribution is -0.140. The number of esters is 1. The van der Waals surface area contributed by atoms with Crippen molar-refractivity contribution in [2.45, 2.75) is 12.8 Å². The van der Waals surface area contributed by atoms with Gasteiger partial charge >= 0.3 is 5.97 Å². The second-order valence-electron chi connectivity index (χ2n) is 3.58. The Bertz CT molecular complexity index is 519. The molecule has 0 unspecified atom stereocenters. The minimum absolute atomic E-state index is 0.191. The number of H-pyrrole nitrogens is 1. The van der Waals surface area contributed by atoms with Gasteiger partial charge in [-0.3, -0.25) is 4.79 Å². The molecule has 0 aliphatic carbocycles. The van der Waals surface area contributed by atoms with Crippen molar-refractivity contribution in [2.24, 2.45) is 0 Å². The Morgan fingerprint density at radius 1 is 1.50 bits per heavy atom. The van der Waals surface area contributed by atoms with Crippen LogP contribution in [0.1, 0.15) is 12.0 Å². The number of carbonyl (C=O) groups is 1. The van der Waals surface area contributed by atoms with Crippen LogP contribution in [0.15, 0.2) is 24.4 Å². The molecule has 3 nitrogen and oxygen atoms in total. The largest absolute Gasteiger partial charge is 0.469 e. The van der Waals surface area contributed by atoms with Crippen molar-refractivity contribution in [3.63, 3.8) is 0 Å². The number of methoxy groups -OCH3 is 1. The third-order valence-electron chi connectivity index (χ3n) is 2.56. The third-order valence-corrected chi connectivity index (χ3v) is 2.79. The van der Waals surface area contributed by atoms with E-state index in [0.717, 1.165) is 16.5 Å². The van der Waals surface area contributed by atoms with E-state index in [1.54, 1.807) is 0 Å². The van der Waals surface area contributed by atoms with E-state index in [4.69, 9.17) is 11.6 Å². The monoisotopic (exact) mass is 237 g/mol. The molecule has 0 fully saturated rings. The summed E-state index contributed by atoms with van der Waals surface area (Å²) in [7, 11) is 1.40. The molecule has 1 heterocycles. The standard InChI is InChI=1S/C12H12ClNO2/c1-16-12(15)5-2-8-7-14-11-6-9(13)3-4-10(8)11/h3-4,6-7,14H,2,5H2,1H3. The maximum Gasteiger partial charge on any atom is 0.305 e. The summed E-state index contributed by atoms with van der Waals surface area (Å²) in [6.45, 7) is 0. The number of nitrogens with one attached hydrogen (secondary N) is 1. The number of ether oxygens (including phenoxy) is 1. The van der Waals surface area contributed by atoms with E-state index in [2.05, 4.69) is 9.72 Å². The Kier molecular flexibility index (Phi) is 3.15. The highest BCUT2D eigenvalue weighted by Gasteiger charge is 2.06. The number of halogens is 1. The quantitative estimate of drug-likeness (QED) is 0.834. The average Bonchev–Trinajstić information content (AvgIpc) is 2.68. The smallest absolute Gasteiger partial charge is 0.305 e. The Hall–Kier alpha value is -1.48. The zero-order valence-corrected chi connectivity index (χ0v) is 9.67. The lowest BCUT2D eigenvalue weighted by atomic mass is 10.1. The van der Waals surface area contributed by atoms with Crippen molar-refractivity contribution >= 4 is 28.5 Å². The first-order valence-electron chi connectivity index (χ1n) is 5.03. The summed E-state index contributed by atoms with van der Waals surface area (Å²) in [5.74, 6) is -0.191. The molecule has 0 amide bonds. The van der Waals surface area contributed by atoms with Crippen LogP contribution in [0.4, 0.5) is 0 Å². The number of hydrogen-bond donors (Lipinski definition) is 1. The van der Waals surface area contributed by atoms with Gasteiger partial charge in [0, 0.05) is 28.5 Å². The first kappa shape index (κ1) is 11.0. The number of aromatic nitrogens is 1. The Labute approximate surface area is 98.4 Å². The van der Waals surface area contributed by atoms with Gasteiger partial charge in [0.1, 0.15) is 0 Å². The summed E-state index contributed by atoms with van der Waals surface area (Å²) in [5, 5.41) is 1.81. The molecule has 1 aromatic heterocycles. The van der Waals surface area contributed by atoms with E-state index in [0.29, 0.717) is 17.9 Å². The molecular formula is C12H12ClNO2. The molecular weight excluding hydrogens is 226 g/mol. The molecule has 0 atom stereocenters. The van der Waals surface area contributed by atoms with Gasteiger partial charge in [0.2, 0.25) is 0 Å². The van der Waals surface area contributed by atoms with E-state index in [9.17, 15) is 4.79 Å². The second kappa shape index (κ2) is 4.58. The van der Waals surface area contributed by atoms with Crippen molar-refractivity contribution in [1.82, 2.24) is 4.98 Å². The minimum Gasteiger partial charge on any atom is -0.469 e. The molecule has 1 aromatic carbocycles. The minimum atomic E-state index is -0.191. The molecule has 0 saturated heterocycles. The Morgan fingerprint density at radius 3 is 3.06 bits per heavy atom. The predicted octanol–water partition coefficient (Wildman–Crippen LogP) is 2.93. The van der Waals surface area contributed by atoms with E-state index < -0.39 is 0 Å². The molecule has 2 aromatic rings. The zero-order valence-electron chi connectivity index (χ0n) is 8.92. The fourth-order valence-corrected chi connectivity index (χ4v) is 1.88. The van der Waals surface area contributed by atoms with Gasteiger partial charge < -0.3 is 9.72 Å². The number of hydrogen-bond acceptors (Lipinski definition) is 2. The van der Waals surface area contributed by atoms with Crippen LogP contribution in [0, 0.1) is 0 Å². The molecule has 0 spiro atoms. The van der Waals surface area contributed by atoms with Gasteiger partial charge in [-0.25, -0.2) is 0 Å². The number of fused-ring (bicyclic) bond motifs is 1. The van der Waals surface area contributed by atoms with Crippen molar-refractivity contribution in [3.8, 4) is 0 Å². The number of carbonyl (C=O) groups excluding carboxylic acids is 1. The molecule has 84 valence electrons. The van der Waals surface area contributed by atoms with Crippen LogP contribution in [0.2, 0.25) is 5.02 Å². The Balaban J connectivity index is 2.22. The van der Waals surface area contributed by atoms with Crippen molar-refractivity contribution in [2.75, 3.05) is 7.11 Å². The van der Waals surface area contributed by atoms with E-state index in [1.165, 1.54) is 7.11 Å². The van der Waals surface area contributed by atoms with Gasteiger partial charge in [0.15, 0.2) is 0 Å². The van der Waals surface area contributed by atoms with Crippen LogP contribution in [0.5, 0.6) is 0 Å². The first-order valence-corrected chi connectivity index (χ1v) is 5.41. The third kappa shape index (κ3) is 2.19. The van der Waals surface area contributed by atoms with Gasteiger partial charge in [-0.1, -0.05) is 17.7 Å². The van der Waals surface area contributed by atoms with Crippen molar-refractivity contribution in [3.05, 3.63) is 35.0 Å². The SMILES string of the molecule is COC(=O)CCc1c[nH]c2cc(Cl)ccc12. The number of aromatic amines is 1. The van der Waals surface area contributed by atoms with Crippen LogP contribution in [0.3, 0.4) is 0 Å². The van der Waals surface area contributed by atoms with Gasteiger partial charge in [-0.15, -0.1) is 0 Å². The maximum absolute atomic E-state index is 11.0. The molecule has 0 aliphatic heterocycles. The van der Waals surface area contributed by atoms with Crippen LogP contribution in [-0.4, -0.2) is 18.1 Å². The highest BCUT2D eigenvalue weighted by Crippen LogP contribution is 2.22. The van der Waals surface area contributed by atoms with Crippen molar-refractivity contribution < 1.29 is 9.53 Å². The highest BCUT2D eigenvalue weighted by molar-refractivity contribution is 6.31. The molecule has 0 saturated carbocycles. The van der Waals surface area contributed by atoms with Gasteiger partial charge in [0.25, 0.3) is 0 Å². The summed E-state index contributed by atoms with van der Waals surface area (Å²) in [5.41, 5.74) is 2.10. The van der Waals surface area contributed by atoms with Gasteiger partial charge in [0.05, 0.1) is 7.11 Å². The first-order chi connectivity index (χ1) is 7.70. The highest BCUT2D eigenvalue weighted by atomic mass is 35.5. The van der Waals surface area contributed by atoms with Crippen LogP contribution >= 0.6 is 11.6 Å². The number of rotatable bonds is 3. The zero-order chi connectivity index (χ0) is 11.5. The molecule has 0 bridgehead atoms. The van der Waals surface area contributed by atoms with Gasteiger partial charge in [-0.2, -0.15) is 0 Å². The molecule has 4 heteroatoms.